The molecule has 0 fully saturated rings. The van der Waals surface area contributed by atoms with E-state index in [0.29, 0.717) is 38.2 Å². The Morgan fingerprint density at radius 3 is 2.93 bits per heavy atom. The van der Waals surface area contributed by atoms with Crippen molar-refractivity contribution in [2.24, 2.45) is 0 Å². The first-order chi connectivity index (χ1) is 13.5. The van der Waals surface area contributed by atoms with E-state index in [9.17, 15) is 9.70 Å². The van der Waals surface area contributed by atoms with E-state index in [0.717, 1.165) is 0 Å². The second kappa shape index (κ2) is 7.12. The summed E-state index contributed by atoms with van der Waals surface area (Å²) in [6.07, 6.45) is 2.77. The molecule has 2 N–H and O–H groups in total. The van der Waals surface area contributed by atoms with E-state index in [1.807, 2.05) is 0 Å². The predicted molar refractivity (Wildman–Crippen MR) is 101 cm³/mol. The third-order valence-corrected chi connectivity index (χ3v) is 4.25. The highest BCUT2D eigenvalue weighted by Gasteiger charge is 2.18. The highest BCUT2D eigenvalue weighted by molar-refractivity contribution is 6.33. The minimum absolute atomic E-state index is 0.192. The number of H-pyrrole nitrogens is 1. The molecular formula is C18H13ClN5O4+. The molecule has 1 amide bonds. The Balaban J connectivity index is 1.68. The van der Waals surface area contributed by atoms with Crippen LogP contribution < -0.4 is 5.32 Å². The van der Waals surface area contributed by atoms with Crippen LogP contribution in [0.15, 0.2) is 53.3 Å². The Morgan fingerprint density at radius 2 is 2.18 bits per heavy atom. The van der Waals surface area contributed by atoms with E-state index in [1.165, 1.54) is 19.6 Å². The van der Waals surface area contributed by atoms with Crippen LogP contribution in [0.25, 0.3) is 22.6 Å². The van der Waals surface area contributed by atoms with Crippen LogP contribution in [0.1, 0.15) is 10.6 Å². The lowest BCUT2D eigenvalue weighted by Crippen LogP contribution is -2.10. The Bertz CT molecular complexity index is 1190. The van der Waals surface area contributed by atoms with Crippen molar-refractivity contribution in [2.45, 2.75) is 0 Å². The van der Waals surface area contributed by atoms with Gasteiger partial charge in [0.15, 0.2) is 18.5 Å². The molecule has 4 aromatic rings. The zero-order valence-electron chi connectivity index (χ0n) is 14.5. The number of nitrogens with one attached hydrogen (secondary N) is 2. The van der Waals surface area contributed by atoms with Gasteiger partial charge < -0.3 is 14.7 Å². The molecule has 0 spiro atoms. The number of carbonyl (C=O) groups excluding carboxylic acids is 1. The Morgan fingerprint density at radius 1 is 1.32 bits per heavy atom. The molecule has 0 bridgehead atoms. The van der Waals surface area contributed by atoms with Gasteiger partial charge in [-0.2, -0.15) is 0 Å². The number of anilines is 1. The number of aromatic nitrogens is 3. The van der Waals surface area contributed by atoms with Gasteiger partial charge in [0.25, 0.3) is 10.8 Å². The van der Waals surface area contributed by atoms with Gasteiger partial charge in [-0.15, -0.1) is 0 Å². The zero-order chi connectivity index (χ0) is 19.7. The number of benzene rings is 1. The molecule has 28 heavy (non-hydrogen) atoms. The summed E-state index contributed by atoms with van der Waals surface area (Å²) < 4.78 is 5.08. The smallest absolute Gasteiger partial charge is 0.337 e. The van der Waals surface area contributed by atoms with Crippen molar-refractivity contribution < 1.29 is 19.0 Å². The number of fused-ring (bicyclic) bond motifs is 1. The molecule has 3 aromatic heterocycles. The van der Waals surface area contributed by atoms with E-state index in [1.54, 1.807) is 36.4 Å². The number of hydrogen-bond acceptors (Lipinski definition) is 6. The number of imidazole rings is 1. The molecule has 3 heterocycles. The summed E-state index contributed by atoms with van der Waals surface area (Å²) in [4.78, 5) is 40.3. The van der Waals surface area contributed by atoms with Crippen LogP contribution in [0.5, 0.6) is 0 Å². The molecule has 0 atom stereocenters. The van der Waals surface area contributed by atoms with E-state index in [-0.39, 0.29) is 17.4 Å². The first kappa shape index (κ1) is 17.7. The molecule has 10 heteroatoms. The lowest BCUT2D eigenvalue weighted by atomic mass is 10.2. The molecule has 0 aliphatic heterocycles. The molecule has 0 saturated heterocycles. The highest BCUT2D eigenvalue weighted by Crippen LogP contribution is 2.30. The third kappa shape index (κ3) is 3.30. The van der Waals surface area contributed by atoms with Gasteiger partial charge in [-0.3, -0.25) is 4.79 Å². The summed E-state index contributed by atoms with van der Waals surface area (Å²) in [6.45, 7) is 0. The first-order valence-corrected chi connectivity index (χ1v) is 8.45. The largest absolute Gasteiger partial charge is 0.459 e. The number of pyridine rings is 1. The predicted octanol–water partition coefficient (Wildman–Crippen LogP) is 4.10. The van der Waals surface area contributed by atoms with Crippen molar-refractivity contribution in [3.63, 3.8) is 0 Å². The standard InChI is InChI=1S/C18H12ClN5O4/c1-27-24(26)11-8-14-17(20-9-11)23-16(22-14)12-7-10(4-5-13(12)19)21-18(25)15-3-2-6-28-15/h2-9H,1H3,(H-,20,21,22,23,25,26)/p+1. The third-order valence-electron chi connectivity index (χ3n) is 3.92. The second-order valence-electron chi connectivity index (χ2n) is 5.72. The monoisotopic (exact) mass is 398 g/mol. The van der Waals surface area contributed by atoms with E-state index in [2.05, 4.69) is 25.1 Å². The second-order valence-corrected chi connectivity index (χ2v) is 6.12. The molecule has 140 valence electrons. The number of aromatic amines is 1. The topological polar surface area (TPSA) is 113 Å². The molecule has 0 radical (unpaired) electrons. The fraction of sp³-hybridized carbons (Fsp3) is 0.0556. The van der Waals surface area contributed by atoms with E-state index in [4.69, 9.17) is 16.0 Å². The summed E-state index contributed by atoms with van der Waals surface area (Å²) in [5.41, 5.74) is 2.23. The Kier molecular flexibility index (Phi) is 4.50. The molecular weight excluding hydrogens is 386 g/mol. The summed E-state index contributed by atoms with van der Waals surface area (Å²) in [7, 11) is 1.26. The quantitative estimate of drug-likeness (QED) is 0.489. The van der Waals surface area contributed by atoms with E-state index >= 15 is 0 Å². The number of amides is 1. The van der Waals surface area contributed by atoms with Crippen LogP contribution in [0, 0.1) is 4.91 Å². The maximum atomic E-state index is 12.2. The van der Waals surface area contributed by atoms with Crippen LogP contribution >= 0.6 is 11.6 Å². The van der Waals surface area contributed by atoms with Gasteiger partial charge in [0.05, 0.1) is 21.7 Å². The van der Waals surface area contributed by atoms with Gasteiger partial charge in [0.2, 0.25) is 0 Å². The van der Waals surface area contributed by atoms with Crippen LogP contribution in [0.4, 0.5) is 11.4 Å². The van der Waals surface area contributed by atoms with Gasteiger partial charge in [-0.25, -0.2) is 14.8 Å². The van der Waals surface area contributed by atoms with Crippen molar-refractivity contribution >= 4 is 40.0 Å². The maximum absolute atomic E-state index is 12.2. The van der Waals surface area contributed by atoms with Gasteiger partial charge in [0.1, 0.15) is 12.0 Å². The number of carbonyl (C=O) groups is 1. The molecule has 0 saturated carbocycles. The van der Waals surface area contributed by atoms with Crippen molar-refractivity contribution in [1.82, 2.24) is 15.0 Å². The SMILES string of the molecule is CO[N+](=O)c1cnc2nc(-c3cc(NC(=O)c4ccco4)ccc3Cl)[nH]c2c1. The van der Waals surface area contributed by atoms with Crippen molar-refractivity contribution in [1.29, 1.82) is 0 Å². The van der Waals surface area contributed by atoms with Gasteiger partial charge in [-0.1, -0.05) is 11.6 Å². The van der Waals surface area contributed by atoms with Crippen LogP contribution in [0.3, 0.4) is 0 Å². The van der Waals surface area contributed by atoms with Gasteiger partial charge in [0, 0.05) is 17.3 Å². The fourth-order valence-corrected chi connectivity index (χ4v) is 2.81. The molecule has 0 aliphatic rings. The minimum atomic E-state index is -0.385. The van der Waals surface area contributed by atoms with Crippen LogP contribution in [-0.4, -0.2) is 32.9 Å². The molecule has 9 nitrogen and oxygen atoms in total. The minimum Gasteiger partial charge on any atom is -0.459 e. The first-order valence-electron chi connectivity index (χ1n) is 8.07. The van der Waals surface area contributed by atoms with Crippen LogP contribution in [-0.2, 0) is 4.84 Å². The van der Waals surface area contributed by atoms with Crippen molar-refractivity contribution in [3.8, 4) is 11.4 Å². The van der Waals surface area contributed by atoms with Crippen molar-refractivity contribution in [3.05, 3.63) is 64.5 Å². The van der Waals surface area contributed by atoms with Gasteiger partial charge in [-0.05, 0) is 30.3 Å². The molecule has 0 unspecified atom stereocenters. The number of rotatable bonds is 5. The van der Waals surface area contributed by atoms with Crippen LogP contribution in [0.2, 0.25) is 5.02 Å². The number of halogens is 1. The number of nitrogens with zero attached hydrogens (tertiary/aromatic N) is 3. The average Bonchev–Trinajstić information content (AvgIpc) is 3.38. The lowest BCUT2D eigenvalue weighted by molar-refractivity contribution is -0.736. The normalized spacial score (nSPS) is 10.8. The number of hydrogen-bond donors (Lipinski definition) is 2. The summed E-state index contributed by atoms with van der Waals surface area (Å²) >= 11 is 6.31. The average molecular weight is 399 g/mol. The lowest BCUT2D eigenvalue weighted by Gasteiger charge is -2.07. The maximum Gasteiger partial charge on any atom is 0.337 e. The fourth-order valence-electron chi connectivity index (χ4n) is 2.61. The van der Waals surface area contributed by atoms with Crippen molar-refractivity contribution in [2.75, 3.05) is 12.4 Å². The Hall–Kier alpha value is -3.72. The highest BCUT2D eigenvalue weighted by atomic mass is 35.5. The number of furan rings is 1. The Labute approximate surface area is 162 Å². The molecule has 4 rings (SSSR count). The zero-order valence-corrected chi connectivity index (χ0v) is 15.2. The van der Waals surface area contributed by atoms with E-state index < -0.39 is 0 Å². The van der Waals surface area contributed by atoms with Gasteiger partial charge >= 0.3 is 5.69 Å². The summed E-state index contributed by atoms with van der Waals surface area (Å²) in [6, 6.07) is 9.74. The molecule has 1 aromatic carbocycles. The summed E-state index contributed by atoms with van der Waals surface area (Å²) in [5, 5.41) is 3.16. The molecule has 0 aliphatic carbocycles. The summed E-state index contributed by atoms with van der Waals surface area (Å²) in [5.74, 6) is 0.246.